The largest absolute Gasteiger partial charge is 0.507 e. The van der Waals surface area contributed by atoms with Crippen LogP contribution in [0.15, 0.2) is 12.1 Å². The number of amides is 1. The third-order valence-corrected chi connectivity index (χ3v) is 1.71. The average Bonchev–Trinajstić information content (AvgIpc) is 2.50. The molecule has 1 heterocycles. The van der Waals surface area contributed by atoms with Gasteiger partial charge in [-0.25, -0.2) is 0 Å². The van der Waals surface area contributed by atoms with Gasteiger partial charge in [0.2, 0.25) is 0 Å². The maximum absolute atomic E-state index is 10.9. The number of carbonyl (C=O) groups is 1. The quantitative estimate of drug-likeness (QED) is 0.560. The van der Waals surface area contributed by atoms with E-state index < -0.39 is 5.91 Å². The first kappa shape index (κ1) is 7.53. The van der Waals surface area contributed by atoms with E-state index in [9.17, 15) is 9.90 Å². The molecule has 1 amide bonds. The number of rotatable bonds is 1. The van der Waals surface area contributed by atoms with Gasteiger partial charge in [0.25, 0.3) is 5.91 Å². The van der Waals surface area contributed by atoms with Gasteiger partial charge in [-0.3, -0.25) is 4.79 Å². The summed E-state index contributed by atoms with van der Waals surface area (Å²) in [7, 11) is 0. The Morgan fingerprint density at radius 3 is 2.92 bits per heavy atom. The Morgan fingerprint density at radius 2 is 2.23 bits per heavy atom. The molecule has 6 nitrogen and oxygen atoms in total. The van der Waals surface area contributed by atoms with Gasteiger partial charge in [-0.2, -0.15) is 15.4 Å². The molecule has 0 aliphatic heterocycles. The van der Waals surface area contributed by atoms with E-state index in [1.54, 1.807) is 6.07 Å². The summed E-state index contributed by atoms with van der Waals surface area (Å²) >= 11 is 0. The number of nitrogens with zero attached hydrogens (tertiary/aromatic N) is 2. The zero-order chi connectivity index (χ0) is 9.42. The van der Waals surface area contributed by atoms with Crippen molar-refractivity contribution in [1.82, 2.24) is 15.4 Å². The number of primary amides is 1. The van der Waals surface area contributed by atoms with E-state index in [4.69, 9.17) is 5.73 Å². The first-order chi connectivity index (χ1) is 6.20. The molecule has 0 bridgehead atoms. The SMILES string of the molecule is NC(=O)c1c(O)ccc2n[nH]nc12. The molecule has 2 rings (SSSR count). The highest BCUT2D eigenvalue weighted by atomic mass is 16.3. The molecule has 0 aliphatic carbocycles. The van der Waals surface area contributed by atoms with Crippen LogP contribution in [0.3, 0.4) is 0 Å². The molecule has 6 heteroatoms. The van der Waals surface area contributed by atoms with Crippen molar-refractivity contribution in [1.29, 1.82) is 0 Å². The molecular formula is C7H6N4O2. The van der Waals surface area contributed by atoms with Gasteiger partial charge in [-0.1, -0.05) is 0 Å². The molecule has 0 unspecified atom stereocenters. The summed E-state index contributed by atoms with van der Waals surface area (Å²) in [6, 6.07) is 2.89. The summed E-state index contributed by atoms with van der Waals surface area (Å²) in [5.41, 5.74) is 5.83. The van der Waals surface area contributed by atoms with Gasteiger partial charge < -0.3 is 10.8 Å². The van der Waals surface area contributed by atoms with Gasteiger partial charge in [-0.15, -0.1) is 0 Å². The van der Waals surface area contributed by atoms with Gasteiger partial charge in [0.1, 0.15) is 22.3 Å². The number of aromatic hydroxyl groups is 1. The molecule has 0 saturated heterocycles. The Morgan fingerprint density at radius 1 is 1.46 bits per heavy atom. The number of fused-ring (bicyclic) bond motifs is 1. The van der Waals surface area contributed by atoms with Crippen LogP contribution in [0.4, 0.5) is 0 Å². The number of nitrogens with one attached hydrogen (secondary N) is 1. The minimum Gasteiger partial charge on any atom is -0.507 e. The van der Waals surface area contributed by atoms with E-state index >= 15 is 0 Å². The van der Waals surface area contributed by atoms with E-state index in [1.165, 1.54) is 6.07 Å². The lowest BCUT2D eigenvalue weighted by molar-refractivity contribution is 0.0999. The Balaban J connectivity index is 2.88. The van der Waals surface area contributed by atoms with Crippen molar-refractivity contribution in [2.45, 2.75) is 0 Å². The Bertz CT molecular complexity index is 476. The molecule has 1 aromatic carbocycles. The van der Waals surface area contributed by atoms with Gasteiger partial charge in [0.05, 0.1) is 0 Å². The Hall–Kier alpha value is -2.11. The van der Waals surface area contributed by atoms with Crippen LogP contribution in [0, 0.1) is 0 Å². The number of aromatic nitrogens is 3. The van der Waals surface area contributed by atoms with Gasteiger partial charge >= 0.3 is 0 Å². The van der Waals surface area contributed by atoms with Crippen LogP contribution in [-0.4, -0.2) is 26.4 Å². The summed E-state index contributed by atoms with van der Waals surface area (Å²) in [5, 5.41) is 19.1. The molecule has 0 atom stereocenters. The molecule has 0 saturated carbocycles. The van der Waals surface area contributed by atoms with Crippen molar-refractivity contribution in [3.05, 3.63) is 17.7 Å². The van der Waals surface area contributed by atoms with Crippen molar-refractivity contribution < 1.29 is 9.90 Å². The van der Waals surface area contributed by atoms with E-state index in [0.29, 0.717) is 5.52 Å². The van der Waals surface area contributed by atoms with E-state index in [1.807, 2.05) is 0 Å². The molecule has 0 aliphatic rings. The van der Waals surface area contributed by atoms with Crippen LogP contribution in [-0.2, 0) is 0 Å². The molecule has 2 aromatic rings. The average molecular weight is 178 g/mol. The van der Waals surface area contributed by atoms with Crippen LogP contribution < -0.4 is 5.73 Å². The summed E-state index contributed by atoms with van der Waals surface area (Å²) in [4.78, 5) is 10.9. The van der Waals surface area contributed by atoms with Gasteiger partial charge in [0, 0.05) is 0 Å². The predicted molar refractivity (Wildman–Crippen MR) is 44.1 cm³/mol. The highest BCUT2D eigenvalue weighted by molar-refractivity contribution is 6.06. The molecule has 13 heavy (non-hydrogen) atoms. The molecular weight excluding hydrogens is 172 g/mol. The monoisotopic (exact) mass is 178 g/mol. The minimum absolute atomic E-state index is 0.00810. The highest BCUT2D eigenvalue weighted by Crippen LogP contribution is 2.23. The lowest BCUT2D eigenvalue weighted by Gasteiger charge is -1.98. The van der Waals surface area contributed by atoms with Crippen LogP contribution in [0.25, 0.3) is 11.0 Å². The summed E-state index contributed by atoms with van der Waals surface area (Å²) in [6.45, 7) is 0. The lowest BCUT2D eigenvalue weighted by Crippen LogP contribution is -2.11. The number of hydrogen-bond donors (Lipinski definition) is 3. The summed E-state index contributed by atoms with van der Waals surface area (Å²) < 4.78 is 0. The fraction of sp³-hybridized carbons (Fsp3) is 0. The number of phenols is 1. The second kappa shape index (κ2) is 2.44. The topological polar surface area (TPSA) is 105 Å². The Labute approximate surface area is 72.4 Å². The second-order valence-corrected chi connectivity index (χ2v) is 2.52. The maximum atomic E-state index is 10.9. The van der Waals surface area contributed by atoms with Crippen molar-refractivity contribution in [3.8, 4) is 5.75 Å². The van der Waals surface area contributed by atoms with Crippen LogP contribution in [0.5, 0.6) is 5.75 Å². The van der Waals surface area contributed by atoms with E-state index in [2.05, 4.69) is 15.4 Å². The second-order valence-electron chi connectivity index (χ2n) is 2.52. The zero-order valence-electron chi connectivity index (χ0n) is 6.48. The highest BCUT2D eigenvalue weighted by Gasteiger charge is 2.14. The Kier molecular flexibility index (Phi) is 1.42. The van der Waals surface area contributed by atoms with Crippen LogP contribution in [0.2, 0.25) is 0 Å². The third kappa shape index (κ3) is 0.994. The lowest BCUT2D eigenvalue weighted by atomic mass is 10.1. The van der Waals surface area contributed by atoms with E-state index in [-0.39, 0.29) is 16.8 Å². The van der Waals surface area contributed by atoms with Gasteiger partial charge in [-0.05, 0) is 12.1 Å². The third-order valence-electron chi connectivity index (χ3n) is 1.71. The standard InChI is InChI=1S/C7H6N4O2/c8-7(13)5-4(12)2-1-3-6(5)10-11-9-3/h1-2,12H,(H2,8,13)(H,9,10,11). The molecule has 0 spiro atoms. The molecule has 1 aromatic heterocycles. The van der Waals surface area contributed by atoms with Crippen molar-refractivity contribution in [2.75, 3.05) is 0 Å². The van der Waals surface area contributed by atoms with Crippen molar-refractivity contribution in [2.24, 2.45) is 5.73 Å². The fourth-order valence-corrected chi connectivity index (χ4v) is 1.14. The van der Waals surface area contributed by atoms with Crippen molar-refractivity contribution >= 4 is 16.9 Å². The minimum atomic E-state index is -0.725. The molecule has 0 radical (unpaired) electrons. The zero-order valence-corrected chi connectivity index (χ0v) is 6.48. The number of hydrogen-bond acceptors (Lipinski definition) is 4. The number of benzene rings is 1. The first-order valence-electron chi connectivity index (χ1n) is 3.52. The summed E-state index contributed by atoms with van der Waals surface area (Å²) in [5.74, 6) is -0.911. The van der Waals surface area contributed by atoms with Gasteiger partial charge in [0.15, 0.2) is 0 Å². The smallest absolute Gasteiger partial charge is 0.254 e. The number of carbonyl (C=O) groups excluding carboxylic acids is 1. The van der Waals surface area contributed by atoms with E-state index in [0.717, 1.165) is 0 Å². The fourth-order valence-electron chi connectivity index (χ4n) is 1.14. The van der Waals surface area contributed by atoms with Crippen LogP contribution >= 0.6 is 0 Å². The first-order valence-corrected chi connectivity index (χ1v) is 3.52. The molecule has 66 valence electrons. The predicted octanol–water partition coefficient (Wildman–Crippen LogP) is -0.238. The maximum Gasteiger partial charge on any atom is 0.254 e. The number of H-pyrrole nitrogens is 1. The summed E-state index contributed by atoms with van der Waals surface area (Å²) in [6.07, 6.45) is 0. The molecule has 0 fully saturated rings. The molecule has 4 N–H and O–H groups in total. The van der Waals surface area contributed by atoms with Crippen molar-refractivity contribution in [3.63, 3.8) is 0 Å². The normalized spacial score (nSPS) is 10.5. The number of nitrogens with two attached hydrogens (primary N) is 1. The number of aromatic amines is 1. The van der Waals surface area contributed by atoms with Crippen LogP contribution in [0.1, 0.15) is 10.4 Å².